The van der Waals surface area contributed by atoms with Crippen molar-refractivity contribution < 1.29 is 14.3 Å². The lowest BCUT2D eigenvalue weighted by Gasteiger charge is -2.23. The summed E-state index contributed by atoms with van der Waals surface area (Å²) in [6.45, 7) is 1.06. The van der Waals surface area contributed by atoms with Crippen molar-refractivity contribution in [3.8, 4) is 11.5 Å². The smallest absolute Gasteiger partial charge is 0.226 e. The molecule has 1 heterocycles. The third-order valence-corrected chi connectivity index (χ3v) is 4.67. The minimum absolute atomic E-state index is 0.0585. The van der Waals surface area contributed by atoms with Gasteiger partial charge in [0, 0.05) is 28.6 Å². The quantitative estimate of drug-likeness (QED) is 0.875. The Kier molecular flexibility index (Phi) is 4.08. The molecule has 114 valence electrons. The van der Waals surface area contributed by atoms with E-state index < -0.39 is 0 Å². The zero-order chi connectivity index (χ0) is 14.9. The summed E-state index contributed by atoms with van der Waals surface area (Å²) < 4.78 is 11.8. The van der Waals surface area contributed by atoms with Crippen molar-refractivity contribution in [2.75, 3.05) is 18.5 Å². The van der Waals surface area contributed by atoms with Crippen molar-refractivity contribution in [2.45, 2.75) is 37.6 Å². The Morgan fingerprint density at radius 1 is 1.24 bits per heavy atom. The monoisotopic (exact) mass is 354 g/mol. The van der Waals surface area contributed by atoms with Gasteiger partial charge in [0.2, 0.25) is 5.91 Å². The first-order valence-electron chi connectivity index (χ1n) is 7.24. The zero-order valence-corrected chi connectivity index (χ0v) is 13.4. The summed E-state index contributed by atoms with van der Waals surface area (Å²) in [5.41, 5.74) is 6.59. The fourth-order valence-corrected chi connectivity index (χ4v) is 3.35. The summed E-state index contributed by atoms with van der Waals surface area (Å²) >= 11 is 3.45. The summed E-state index contributed by atoms with van der Waals surface area (Å²) in [4.78, 5) is 12.2. The van der Waals surface area contributed by atoms with E-state index in [2.05, 4.69) is 21.2 Å². The van der Waals surface area contributed by atoms with Gasteiger partial charge in [-0.3, -0.25) is 4.79 Å². The van der Waals surface area contributed by atoms with Gasteiger partial charge >= 0.3 is 0 Å². The maximum atomic E-state index is 12.2. The Balaban J connectivity index is 1.70. The summed E-state index contributed by atoms with van der Waals surface area (Å²) in [6, 6.07) is 3.60. The van der Waals surface area contributed by atoms with E-state index in [9.17, 15) is 4.79 Å². The van der Waals surface area contributed by atoms with Gasteiger partial charge in [0.05, 0.1) is 5.69 Å². The molecule has 0 unspecified atom stereocenters. The molecule has 1 saturated carbocycles. The Labute approximate surface area is 132 Å². The molecule has 1 fully saturated rings. The van der Waals surface area contributed by atoms with Crippen molar-refractivity contribution in [2.24, 2.45) is 5.73 Å². The molecule has 2 aliphatic rings. The summed E-state index contributed by atoms with van der Waals surface area (Å²) in [6.07, 6.45) is 4.41. The molecule has 0 aromatic heterocycles. The van der Waals surface area contributed by atoms with Crippen molar-refractivity contribution in [1.29, 1.82) is 0 Å². The lowest BCUT2D eigenvalue weighted by molar-refractivity contribution is -0.117. The van der Waals surface area contributed by atoms with Crippen LogP contribution in [0.5, 0.6) is 11.5 Å². The number of amides is 1. The molecule has 1 amide bonds. The van der Waals surface area contributed by atoms with Crippen LogP contribution in [0.4, 0.5) is 5.69 Å². The molecule has 3 rings (SSSR count). The lowest BCUT2D eigenvalue weighted by atomic mass is 9.94. The number of fused-ring (bicyclic) bond motifs is 1. The zero-order valence-electron chi connectivity index (χ0n) is 11.8. The summed E-state index contributed by atoms with van der Waals surface area (Å²) in [5.74, 6) is 1.29. The van der Waals surface area contributed by atoms with Gasteiger partial charge in [-0.2, -0.15) is 0 Å². The molecule has 1 aromatic carbocycles. The molecule has 0 saturated heterocycles. The Hall–Kier alpha value is -1.27. The molecule has 0 bridgehead atoms. The number of carbonyl (C=O) groups is 1. The summed E-state index contributed by atoms with van der Waals surface area (Å²) in [5, 5.41) is 2.91. The number of hydrogen-bond acceptors (Lipinski definition) is 4. The molecule has 5 nitrogen and oxygen atoms in total. The van der Waals surface area contributed by atoms with Crippen LogP contribution < -0.4 is 20.5 Å². The highest BCUT2D eigenvalue weighted by atomic mass is 79.9. The fraction of sp³-hybridized carbons (Fsp3) is 0.533. The van der Waals surface area contributed by atoms with Crippen molar-refractivity contribution in [1.82, 2.24) is 0 Å². The maximum Gasteiger partial charge on any atom is 0.226 e. The third kappa shape index (κ3) is 3.32. The molecule has 0 radical (unpaired) electrons. The van der Waals surface area contributed by atoms with E-state index in [-0.39, 0.29) is 11.4 Å². The molecule has 21 heavy (non-hydrogen) atoms. The fourth-order valence-electron chi connectivity index (χ4n) is 2.93. The van der Waals surface area contributed by atoms with Gasteiger partial charge in [-0.05, 0) is 28.8 Å². The van der Waals surface area contributed by atoms with E-state index in [4.69, 9.17) is 15.2 Å². The predicted molar refractivity (Wildman–Crippen MR) is 83.8 cm³/mol. The SMILES string of the molecule is NC1(CC(=O)Nc2cc3c(cc2Br)OCCO3)CCCC1. The molecule has 1 aromatic rings. The van der Waals surface area contributed by atoms with Crippen LogP contribution in [-0.4, -0.2) is 24.7 Å². The Morgan fingerprint density at radius 2 is 1.86 bits per heavy atom. The average molecular weight is 355 g/mol. The molecule has 1 aliphatic carbocycles. The standard InChI is InChI=1S/C15H19BrN2O3/c16-10-7-12-13(21-6-5-20-12)8-11(10)18-14(19)9-15(17)3-1-2-4-15/h7-8H,1-6,9,17H2,(H,18,19). The van der Waals surface area contributed by atoms with E-state index in [1.807, 2.05) is 6.07 Å². The van der Waals surface area contributed by atoms with Gasteiger partial charge in [-0.25, -0.2) is 0 Å². The molecule has 6 heteroatoms. The topological polar surface area (TPSA) is 73.6 Å². The van der Waals surface area contributed by atoms with Gasteiger partial charge in [0.15, 0.2) is 11.5 Å². The number of nitrogens with two attached hydrogens (primary N) is 1. The Bertz CT molecular complexity index is 556. The molecular formula is C15H19BrN2O3. The highest BCUT2D eigenvalue weighted by molar-refractivity contribution is 9.10. The number of rotatable bonds is 3. The minimum atomic E-state index is -0.343. The van der Waals surface area contributed by atoms with Crippen LogP contribution in [0.15, 0.2) is 16.6 Å². The lowest BCUT2D eigenvalue weighted by Crippen LogP contribution is -2.40. The second-order valence-corrected chi connectivity index (χ2v) is 6.62. The van der Waals surface area contributed by atoms with Crippen LogP contribution in [0.1, 0.15) is 32.1 Å². The second kappa shape index (κ2) is 5.85. The van der Waals surface area contributed by atoms with Crippen molar-refractivity contribution in [3.05, 3.63) is 16.6 Å². The summed E-state index contributed by atoms with van der Waals surface area (Å²) in [7, 11) is 0. The molecule has 0 spiro atoms. The molecule has 3 N–H and O–H groups in total. The largest absolute Gasteiger partial charge is 0.486 e. The van der Waals surface area contributed by atoms with Crippen LogP contribution in [0.3, 0.4) is 0 Å². The maximum absolute atomic E-state index is 12.2. The number of ether oxygens (including phenoxy) is 2. The van der Waals surface area contributed by atoms with Gasteiger partial charge in [-0.1, -0.05) is 12.8 Å². The van der Waals surface area contributed by atoms with Crippen LogP contribution in [0.2, 0.25) is 0 Å². The van der Waals surface area contributed by atoms with E-state index in [1.54, 1.807) is 6.07 Å². The van der Waals surface area contributed by atoms with Gasteiger partial charge < -0.3 is 20.5 Å². The van der Waals surface area contributed by atoms with Crippen molar-refractivity contribution >= 4 is 27.5 Å². The van der Waals surface area contributed by atoms with E-state index in [0.29, 0.717) is 36.8 Å². The highest BCUT2D eigenvalue weighted by Gasteiger charge is 2.31. The van der Waals surface area contributed by atoms with Gasteiger partial charge in [0.25, 0.3) is 0 Å². The molecular weight excluding hydrogens is 336 g/mol. The highest BCUT2D eigenvalue weighted by Crippen LogP contribution is 2.38. The first-order valence-corrected chi connectivity index (χ1v) is 8.03. The third-order valence-electron chi connectivity index (χ3n) is 4.02. The number of hydrogen-bond donors (Lipinski definition) is 2. The van der Waals surface area contributed by atoms with Crippen LogP contribution in [0, 0.1) is 0 Å². The average Bonchev–Trinajstić information content (AvgIpc) is 2.86. The minimum Gasteiger partial charge on any atom is -0.486 e. The first-order chi connectivity index (χ1) is 10.1. The number of benzene rings is 1. The van der Waals surface area contributed by atoms with Crippen LogP contribution in [0.25, 0.3) is 0 Å². The Morgan fingerprint density at radius 3 is 2.52 bits per heavy atom. The second-order valence-electron chi connectivity index (χ2n) is 5.77. The van der Waals surface area contributed by atoms with Gasteiger partial charge in [-0.15, -0.1) is 0 Å². The normalized spacial score (nSPS) is 19.3. The number of nitrogens with one attached hydrogen (secondary N) is 1. The number of halogens is 1. The van der Waals surface area contributed by atoms with E-state index >= 15 is 0 Å². The van der Waals surface area contributed by atoms with Crippen molar-refractivity contribution in [3.63, 3.8) is 0 Å². The van der Waals surface area contributed by atoms with Crippen LogP contribution >= 0.6 is 15.9 Å². The molecule has 0 atom stereocenters. The molecule has 1 aliphatic heterocycles. The number of anilines is 1. The van der Waals surface area contributed by atoms with Gasteiger partial charge in [0.1, 0.15) is 13.2 Å². The first kappa shape index (κ1) is 14.7. The van der Waals surface area contributed by atoms with E-state index in [1.165, 1.54) is 0 Å². The predicted octanol–water partition coefficient (Wildman–Crippen LogP) is 2.82. The number of carbonyl (C=O) groups excluding carboxylic acids is 1. The van der Waals surface area contributed by atoms with E-state index in [0.717, 1.165) is 30.2 Å². The van der Waals surface area contributed by atoms with Crippen LogP contribution in [-0.2, 0) is 4.79 Å².